The van der Waals surface area contributed by atoms with Crippen LogP contribution in [0.5, 0.6) is 5.75 Å². The molecule has 0 saturated heterocycles. The first-order chi connectivity index (χ1) is 8.74. The zero-order valence-corrected chi connectivity index (χ0v) is 11.7. The lowest BCUT2D eigenvalue weighted by Gasteiger charge is -2.22. The van der Waals surface area contributed by atoms with E-state index in [2.05, 4.69) is 0 Å². The van der Waals surface area contributed by atoms with Crippen LogP contribution in [0.4, 0.5) is 0 Å². The summed E-state index contributed by atoms with van der Waals surface area (Å²) < 4.78 is 5.41. The van der Waals surface area contributed by atoms with Crippen LogP contribution >= 0.6 is 11.6 Å². The molecule has 100 valence electrons. The maximum atomic E-state index is 6.07. The molecule has 0 aromatic heterocycles. The average Bonchev–Trinajstić information content (AvgIpc) is 2.90. The highest BCUT2D eigenvalue weighted by Gasteiger charge is 2.25. The molecule has 2 rings (SSSR count). The summed E-state index contributed by atoms with van der Waals surface area (Å²) in [4.78, 5) is 0. The van der Waals surface area contributed by atoms with Gasteiger partial charge in [-0.1, -0.05) is 37.3 Å². The number of rotatable bonds is 5. The molecule has 1 saturated carbocycles. The van der Waals surface area contributed by atoms with E-state index in [1.165, 1.54) is 31.2 Å². The maximum Gasteiger partial charge on any atom is 0.122 e. The van der Waals surface area contributed by atoms with Crippen molar-refractivity contribution in [3.63, 3.8) is 0 Å². The lowest BCUT2D eigenvalue weighted by atomic mass is 9.85. The Labute approximate surface area is 114 Å². The highest BCUT2D eigenvalue weighted by molar-refractivity contribution is 6.30. The largest absolute Gasteiger partial charge is 0.496 e. The van der Waals surface area contributed by atoms with Gasteiger partial charge in [-0.05, 0) is 48.6 Å². The Bertz CT molecular complexity index is 388. The molecule has 18 heavy (non-hydrogen) atoms. The van der Waals surface area contributed by atoms with Crippen molar-refractivity contribution in [1.82, 2.24) is 0 Å². The van der Waals surface area contributed by atoms with Crippen LogP contribution in [-0.4, -0.2) is 13.7 Å². The van der Waals surface area contributed by atoms with Gasteiger partial charge < -0.3 is 10.5 Å². The quantitative estimate of drug-likeness (QED) is 0.884. The number of halogens is 1. The van der Waals surface area contributed by atoms with E-state index in [0.717, 1.165) is 29.7 Å². The molecule has 1 unspecified atom stereocenters. The molecule has 1 atom stereocenters. The molecule has 0 bridgehead atoms. The van der Waals surface area contributed by atoms with Gasteiger partial charge in [0.05, 0.1) is 7.11 Å². The SMILES string of the molecule is COc1ccc(Cl)cc1CC(CN)C1CCCC1. The summed E-state index contributed by atoms with van der Waals surface area (Å²) in [5.74, 6) is 2.26. The van der Waals surface area contributed by atoms with Gasteiger partial charge in [-0.3, -0.25) is 0 Å². The molecule has 3 heteroatoms. The third-order valence-electron chi connectivity index (χ3n) is 4.09. The minimum absolute atomic E-state index is 0.555. The molecule has 1 aromatic carbocycles. The van der Waals surface area contributed by atoms with Gasteiger partial charge >= 0.3 is 0 Å². The van der Waals surface area contributed by atoms with E-state index in [0.29, 0.717) is 5.92 Å². The fraction of sp³-hybridized carbons (Fsp3) is 0.600. The number of methoxy groups -OCH3 is 1. The molecular weight excluding hydrogens is 246 g/mol. The van der Waals surface area contributed by atoms with Crippen molar-refractivity contribution in [1.29, 1.82) is 0 Å². The van der Waals surface area contributed by atoms with E-state index in [1.54, 1.807) is 7.11 Å². The Balaban J connectivity index is 2.12. The molecule has 0 heterocycles. The highest BCUT2D eigenvalue weighted by Crippen LogP contribution is 2.34. The van der Waals surface area contributed by atoms with Crippen LogP contribution in [0.25, 0.3) is 0 Å². The van der Waals surface area contributed by atoms with Gasteiger partial charge in [-0.25, -0.2) is 0 Å². The third-order valence-corrected chi connectivity index (χ3v) is 4.33. The molecular formula is C15H22ClNO. The third kappa shape index (κ3) is 3.18. The van der Waals surface area contributed by atoms with Gasteiger partial charge in [-0.2, -0.15) is 0 Å². The first-order valence-electron chi connectivity index (χ1n) is 6.77. The number of hydrogen-bond donors (Lipinski definition) is 1. The van der Waals surface area contributed by atoms with Gasteiger partial charge in [-0.15, -0.1) is 0 Å². The summed E-state index contributed by atoms with van der Waals surface area (Å²) in [7, 11) is 1.71. The monoisotopic (exact) mass is 267 g/mol. The van der Waals surface area contributed by atoms with E-state index in [9.17, 15) is 0 Å². The van der Waals surface area contributed by atoms with Gasteiger partial charge in [0, 0.05) is 5.02 Å². The second kappa shape index (κ2) is 6.44. The van der Waals surface area contributed by atoms with Crippen molar-refractivity contribution < 1.29 is 4.74 Å². The smallest absolute Gasteiger partial charge is 0.122 e. The number of ether oxygens (including phenoxy) is 1. The maximum absolute atomic E-state index is 6.07. The van der Waals surface area contributed by atoms with E-state index >= 15 is 0 Å². The summed E-state index contributed by atoms with van der Waals surface area (Å²) in [5, 5.41) is 0.771. The van der Waals surface area contributed by atoms with Crippen molar-refractivity contribution in [2.45, 2.75) is 32.1 Å². The van der Waals surface area contributed by atoms with Gasteiger partial charge in [0.15, 0.2) is 0 Å². The Kier molecular flexibility index (Phi) is 4.90. The number of hydrogen-bond acceptors (Lipinski definition) is 2. The average molecular weight is 268 g/mol. The van der Waals surface area contributed by atoms with Crippen LogP contribution in [0.2, 0.25) is 5.02 Å². The molecule has 0 radical (unpaired) electrons. The molecule has 1 aliphatic rings. The van der Waals surface area contributed by atoms with Crippen LogP contribution in [0.15, 0.2) is 18.2 Å². The van der Waals surface area contributed by atoms with Gasteiger partial charge in [0.1, 0.15) is 5.75 Å². The zero-order valence-electron chi connectivity index (χ0n) is 11.0. The van der Waals surface area contributed by atoms with Crippen LogP contribution in [0, 0.1) is 11.8 Å². The fourth-order valence-electron chi connectivity index (χ4n) is 3.06. The van der Waals surface area contributed by atoms with Crippen molar-refractivity contribution >= 4 is 11.6 Å². The molecule has 0 spiro atoms. The topological polar surface area (TPSA) is 35.2 Å². The van der Waals surface area contributed by atoms with E-state index < -0.39 is 0 Å². The summed E-state index contributed by atoms with van der Waals surface area (Å²) in [6.45, 7) is 0.750. The summed E-state index contributed by atoms with van der Waals surface area (Å²) in [5.41, 5.74) is 7.14. The minimum atomic E-state index is 0.555. The lowest BCUT2D eigenvalue weighted by molar-refractivity contribution is 0.337. The summed E-state index contributed by atoms with van der Waals surface area (Å²) >= 11 is 6.07. The Hall–Kier alpha value is -0.730. The number of benzene rings is 1. The van der Waals surface area contributed by atoms with Crippen LogP contribution in [0.3, 0.4) is 0 Å². The molecule has 2 nitrogen and oxygen atoms in total. The van der Waals surface area contributed by atoms with Crippen molar-refractivity contribution in [3.05, 3.63) is 28.8 Å². The highest BCUT2D eigenvalue weighted by atomic mass is 35.5. The number of nitrogens with two attached hydrogens (primary N) is 1. The molecule has 0 aliphatic heterocycles. The predicted molar refractivity (Wildman–Crippen MR) is 76.2 cm³/mol. The second-order valence-corrected chi connectivity index (χ2v) is 5.64. The Morgan fingerprint density at radius 2 is 2.11 bits per heavy atom. The lowest BCUT2D eigenvalue weighted by Crippen LogP contribution is -2.24. The van der Waals surface area contributed by atoms with Crippen molar-refractivity contribution in [2.24, 2.45) is 17.6 Å². The molecule has 1 aromatic rings. The summed E-state index contributed by atoms with van der Waals surface area (Å²) in [6, 6.07) is 5.83. The second-order valence-electron chi connectivity index (χ2n) is 5.20. The molecule has 1 aliphatic carbocycles. The zero-order chi connectivity index (χ0) is 13.0. The predicted octanol–water partition coefficient (Wildman–Crippen LogP) is 3.66. The van der Waals surface area contributed by atoms with Crippen molar-refractivity contribution in [2.75, 3.05) is 13.7 Å². The fourth-order valence-corrected chi connectivity index (χ4v) is 3.26. The van der Waals surface area contributed by atoms with Crippen LogP contribution in [0.1, 0.15) is 31.2 Å². The van der Waals surface area contributed by atoms with Crippen LogP contribution < -0.4 is 10.5 Å². The molecule has 0 amide bonds. The first kappa shape index (κ1) is 13.7. The Morgan fingerprint density at radius 3 is 2.72 bits per heavy atom. The molecule has 1 fully saturated rings. The van der Waals surface area contributed by atoms with E-state index in [1.807, 2.05) is 18.2 Å². The summed E-state index contributed by atoms with van der Waals surface area (Å²) in [6.07, 6.45) is 6.34. The van der Waals surface area contributed by atoms with E-state index in [-0.39, 0.29) is 0 Å². The first-order valence-corrected chi connectivity index (χ1v) is 7.15. The van der Waals surface area contributed by atoms with Crippen molar-refractivity contribution in [3.8, 4) is 5.75 Å². The Morgan fingerprint density at radius 1 is 1.39 bits per heavy atom. The standard InChI is InChI=1S/C15H22ClNO/c1-18-15-7-6-14(16)9-12(15)8-13(10-17)11-4-2-3-5-11/h6-7,9,11,13H,2-5,8,10,17H2,1H3. The van der Waals surface area contributed by atoms with Gasteiger partial charge in [0.2, 0.25) is 0 Å². The van der Waals surface area contributed by atoms with Gasteiger partial charge in [0.25, 0.3) is 0 Å². The van der Waals surface area contributed by atoms with E-state index in [4.69, 9.17) is 22.1 Å². The normalized spacial score (nSPS) is 17.9. The van der Waals surface area contributed by atoms with Crippen LogP contribution in [-0.2, 0) is 6.42 Å². The minimum Gasteiger partial charge on any atom is -0.496 e. The molecule has 2 N–H and O–H groups in total.